The molecule has 0 radical (unpaired) electrons. The van der Waals surface area contributed by atoms with Gasteiger partial charge in [-0.1, -0.05) is 31.3 Å². The summed E-state index contributed by atoms with van der Waals surface area (Å²) in [7, 11) is -3.68. The Morgan fingerprint density at radius 1 is 1.03 bits per heavy atom. The molecule has 1 saturated heterocycles. The number of carbonyl (C=O) groups is 2. The summed E-state index contributed by atoms with van der Waals surface area (Å²) >= 11 is 0.825. The lowest BCUT2D eigenvalue weighted by molar-refractivity contribution is -0.380. The second kappa shape index (κ2) is 9.76. The van der Waals surface area contributed by atoms with E-state index in [4.69, 9.17) is 0 Å². The fourth-order valence-electron chi connectivity index (χ4n) is 3.49. The Hall–Kier alpha value is -2.83. The van der Waals surface area contributed by atoms with Crippen LogP contribution >= 0.6 is 11.3 Å². The number of thiophene rings is 1. The van der Waals surface area contributed by atoms with E-state index in [1.54, 1.807) is 35.8 Å². The third-order valence-corrected chi connectivity index (χ3v) is 8.33. The predicted octanol–water partition coefficient (Wildman–Crippen LogP) is 2.29. The van der Waals surface area contributed by atoms with E-state index in [1.807, 2.05) is 0 Å². The van der Waals surface area contributed by atoms with E-state index in [1.165, 1.54) is 28.6 Å². The summed E-state index contributed by atoms with van der Waals surface area (Å²) in [6.45, 7) is 5.31. The third-order valence-electron chi connectivity index (χ3n) is 5.26. The monoisotopic (exact) mass is 480 g/mol. The minimum absolute atomic E-state index is 0.0696. The second-order valence-corrected chi connectivity index (χ2v) is 10.1. The number of rotatable bonds is 7. The molecule has 0 saturated carbocycles. The number of sulfonamides is 1. The molecule has 0 N–H and O–H groups in total. The number of amides is 2. The first-order chi connectivity index (χ1) is 15.2. The van der Waals surface area contributed by atoms with Crippen LogP contribution in [0.2, 0.25) is 0 Å². The Morgan fingerprint density at radius 3 is 2.16 bits per heavy atom. The van der Waals surface area contributed by atoms with Crippen molar-refractivity contribution in [2.24, 2.45) is 0 Å². The van der Waals surface area contributed by atoms with Crippen molar-refractivity contribution in [2.45, 2.75) is 18.7 Å². The molecule has 0 unspecified atom stereocenters. The lowest BCUT2D eigenvalue weighted by Crippen LogP contribution is -2.50. The third kappa shape index (κ3) is 4.81. The van der Waals surface area contributed by atoms with E-state index in [9.17, 15) is 28.1 Å². The molecule has 2 amide bonds. The number of nitro groups is 1. The van der Waals surface area contributed by atoms with E-state index >= 15 is 0 Å². The van der Waals surface area contributed by atoms with Crippen LogP contribution < -0.4 is 0 Å². The van der Waals surface area contributed by atoms with Gasteiger partial charge in [-0.15, -0.1) is 0 Å². The molecule has 1 fully saturated rings. The molecule has 3 rings (SSSR count). The quantitative estimate of drug-likeness (QED) is 0.443. The molecule has 32 heavy (non-hydrogen) atoms. The SMILES string of the molecule is CCN(CC)S(=O)(=O)c1cccc(C(=O)N2CCN(C(=O)c3ccc([N+](=O)[O-])s3)CC2)c1. The van der Waals surface area contributed by atoms with E-state index in [-0.39, 0.29) is 58.3 Å². The Bertz CT molecular complexity index is 1120. The smallest absolute Gasteiger partial charge is 0.324 e. The zero-order valence-electron chi connectivity index (χ0n) is 17.8. The van der Waals surface area contributed by atoms with Crippen LogP contribution in [0.1, 0.15) is 33.9 Å². The average Bonchev–Trinajstić information content (AvgIpc) is 3.30. The molecule has 2 heterocycles. The van der Waals surface area contributed by atoms with Crippen molar-refractivity contribution in [3.63, 3.8) is 0 Å². The number of hydrogen-bond acceptors (Lipinski definition) is 7. The van der Waals surface area contributed by atoms with Gasteiger partial charge < -0.3 is 9.80 Å². The highest BCUT2D eigenvalue weighted by molar-refractivity contribution is 7.89. The number of carbonyl (C=O) groups excluding carboxylic acids is 2. The molecule has 1 aromatic heterocycles. The first-order valence-corrected chi connectivity index (χ1v) is 12.4. The fourth-order valence-corrected chi connectivity index (χ4v) is 5.79. The summed E-state index contributed by atoms with van der Waals surface area (Å²) in [5, 5.41) is 10.7. The minimum Gasteiger partial charge on any atom is -0.335 e. The number of nitrogens with zero attached hydrogens (tertiary/aromatic N) is 4. The summed E-state index contributed by atoms with van der Waals surface area (Å²) in [4.78, 5) is 39.3. The van der Waals surface area contributed by atoms with Crippen LogP contribution in [0.5, 0.6) is 0 Å². The number of benzene rings is 1. The summed E-state index contributed by atoms with van der Waals surface area (Å²) in [5.41, 5.74) is 0.270. The summed E-state index contributed by atoms with van der Waals surface area (Å²) in [5.74, 6) is -0.608. The zero-order valence-corrected chi connectivity index (χ0v) is 19.4. The average molecular weight is 481 g/mol. The van der Waals surface area contributed by atoms with Crippen molar-refractivity contribution in [1.82, 2.24) is 14.1 Å². The van der Waals surface area contributed by atoms with Gasteiger partial charge in [0.25, 0.3) is 11.8 Å². The van der Waals surface area contributed by atoms with Crippen molar-refractivity contribution >= 4 is 38.2 Å². The van der Waals surface area contributed by atoms with Gasteiger partial charge in [-0.25, -0.2) is 8.42 Å². The van der Waals surface area contributed by atoms with Gasteiger partial charge in [-0.3, -0.25) is 19.7 Å². The molecule has 2 aromatic rings. The standard InChI is InChI=1S/C20H24N4O6S2/c1-3-23(4-2)32(29,30)16-7-5-6-15(14-16)19(25)21-10-12-22(13-11-21)20(26)17-8-9-18(31-17)24(27)28/h5-9,14H,3-4,10-13H2,1-2H3. The van der Waals surface area contributed by atoms with Crippen LogP contribution in [-0.2, 0) is 10.0 Å². The molecule has 172 valence electrons. The van der Waals surface area contributed by atoms with Crippen LogP contribution in [0.15, 0.2) is 41.3 Å². The van der Waals surface area contributed by atoms with Crippen LogP contribution in [0, 0.1) is 10.1 Å². The van der Waals surface area contributed by atoms with Gasteiger partial charge in [0.05, 0.1) is 14.7 Å². The molecule has 0 spiro atoms. The van der Waals surface area contributed by atoms with Gasteiger partial charge in [0.15, 0.2) is 0 Å². The molecule has 0 bridgehead atoms. The van der Waals surface area contributed by atoms with E-state index in [2.05, 4.69) is 0 Å². The van der Waals surface area contributed by atoms with Gasteiger partial charge in [0, 0.05) is 50.9 Å². The Labute approximate surface area is 190 Å². The molecular weight excluding hydrogens is 456 g/mol. The first kappa shape index (κ1) is 23.8. The summed E-state index contributed by atoms with van der Waals surface area (Å²) in [6.07, 6.45) is 0. The molecule has 12 heteroatoms. The molecule has 1 aromatic carbocycles. The number of piperazine rings is 1. The zero-order chi connectivity index (χ0) is 23.5. The summed E-state index contributed by atoms with van der Waals surface area (Å²) < 4.78 is 26.8. The van der Waals surface area contributed by atoms with Gasteiger partial charge in [0.2, 0.25) is 10.0 Å². The van der Waals surface area contributed by atoms with E-state index < -0.39 is 14.9 Å². The van der Waals surface area contributed by atoms with Crippen molar-refractivity contribution in [3.8, 4) is 0 Å². The number of hydrogen-bond donors (Lipinski definition) is 0. The highest BCUT2D eigenvalue weighted by atomic mass is 32.2. The topological polar surface area (TPSA) is 121 Å². The van der Waals surface area contributed by atoms with Crippen LogP contribution in [0.4, 0.5) is 5.00 Å². The normalized spacial score (nSPS) is 14.6. The molecule has 10 nitrogen and oxygen atoms in total. The highest BCUT2D eigenvalue weighted by Gasteiger charge is 2.28. The van der Waals surface area contributed by atoms with Crippen molar-refractivity contribution in [1.29, 1.82) is 0 Å². The van der Waals surface area contributed by atoms with Crippen LogP contribution in [0.3, 0.4) is 0 Å². The maximum atomic E-state index is 13.0. The van der Waals surface area contributed by atoms with Crippen molar-refractivity contribution in [3.05, 3.63) is 57.0 Å². The van der Waals surface area contributed by atoms with Gasteiger partial charge in [0.1, 0.15) is 0 Å². The lowest BCUT2D eigenvalue weighted by Gasteiger charge is -2.34. The maximum absolute atomic E-state index is 13.0. The Morgan fingerprint density at radius 2 is 1.62 bits per heavy atom. The largest absolute Gasteiger partial charge is 0.335 e. The molecule has 0 atom stereocenters. The summed E-state index contributed by atoms with van der Waals surface area (Å²) in [6, 6.07) is 8.72. The predicted molar refractivity (Wildman–Crippen MR) is 119 cm³/mol. The van der Waals surface area contributed by atoms with E-state index in [0.717, 1.165) is 11.3 Å². The van der Waals surface area contributed by atoms with Gasteiger partial charge in [-0.05, 0) is 24.3 Å². The van der Waals surface area contributed by atoms with Gasteiger partial charge >= 0.3 is 5.00 Å². The molecular formula is C20H24N4O6S2. The molecule has 1 aliphatic rings. The van der Waals surface area contributed by atoms with Crippen LogP contribution in [-0.4, -0.2) is 78.5 Å². The second-order valence-electron chi connectivity index (χ2n) is 7.10. The first-order valence-electron chi connectivity index (χ1n) is 10.1. The highest BCUT2D eigenvalue weighted by Crippen LogP contribution is 2.25. The van der Waals surface area contributed by atoms with Crippen molar-refractivity contribution < 1.29 is 22.9 Å². The van der Waals surface area contributed by atoms with Gasteiger partial charge in [-0.2, -0.15) is 4.31 Å². The molecule has 0 aliphatic carbocycles. The maximum Gasteiger partial charge on any atom is 0.324 e. The minimum atomic E-state index is -3.68. The Balaban J connectivity index is 1.68. The Kier molecular flexibility index (Phi) is 7.26. The van der Waals surface area contributed by atoms with Crippen molar-refractivity contribution in [2.75, 3.05) is 39.3 Å². The molecule has 1 aliphatic heterocycles. The fraction of sp³-hybridized carbons (Fsp3) is 0.400. The lowest BCUT2D eigenvalue weighted by atomic mass is 10.2. The van der Waals surface area contributed by atoms with E-state index in [0.29, 0.717) is 13.1 Å². The van der Waals surface area contributed by atoms with Crippen LogP contribution in [0.25, 0.3) is 0 Å².